The average molecular weight is 291 g/mol. The normalized spacial score (nSPS) is 11.0. The third kappa shape index (κ3) is 5.95. The van der Waals surface area contributed by atoms with E-state index in [0.29, 0.717) is 18.7 Å². The first-order chi connectivity index (χ1) is 9.84. The summed E-state index contributed by atoms with van der Waals surface area (Å²) >= 11 is 0. The summed E-state index contributed by atoms with van der Waals surface area (Å²) < 4.78 is 0. The molecule has 0 bridgehead atoms. The third-order valence-corrected chi connectivity index (χ3v) is 3.01. The van der Waals surface area contributed by atoms with Crippen LogP contribution in [0.15, 0.2) is 24.3 Å². The molecule has 0 aliphatic rings. The lowest BCUT2D eigenvalue weighted by Gasteiger charge is -2.17. The zero-order chi connectivity index (χ0) is 15.9. The molecule has 5 nitrogen and oxygen atoms in total. The summed E-state index contributed by atoms with van der Waals surface area (Å²) in [4.78, 5) is 23.6. The zero-order valence-electron chi connectivity index (χ0n) is 13.2. The largest absolute Gasteiger partial charge is 0.352 e. The van der Waals surface area contributed by atoms with Crippen molar-refractivity contribution in [3.63, 3.8) is 0 Å². The SMILES string of the molecule is CNCCNC(=O)c1ccc(CNC(=O)C(C)(C)C)cc1. The number of carbonyl (C=O) groups excluding carboxylic acids is 2. The van der Waals surface area contributed by atoms with Crippen LogP contribution in [0.4, 0.5) is 0 Å². The van der Waals surface area contributed by atoms with Crippen molar-refractivity contribution in [1.29, 1.82) is 0 Å². The lowest BCUT2D eigenvalue weighted by molar-refractivity contribution is -0.128. The van der Waals surface area contributed by atoms with Gasteiger partial charge in [0.2, 0.25) is 5.91 Å². The highest BCUT2D eigenvalue weighted by Crippen LogP contribution is 2.13. The van der Waals surface area contributed by atoms with Crippen molar-refractivity contribution in [1.82, 2.24) is 16.0 Å². The van der Waals surface area contributed by atoms with Crippen LogP contribution >= 0.6 is 0 Å². The molecule has 0 unspecified atom stereocenters. The van der Waals surface area contributed by atoms with Gasteiger partial charge in [-0.25, -0.2) is 0 Å². The number of rotatable bonds is 6. The number of likely N-dealkylation sites (N-methyl/N-ethyl adjacent to an activating group) is 1. The maximum atomic E-state index is 11.8. The minimum atomic E-state index is -0.396. The summed E-state index contributed by atoms with van der Waals surface area (Å²) in [5, 5.41) is 8.67. The average Bonchev–Trinajstić information content (AvgIpc) is 2.44. The topological polar surface area (TPSA) is 70.2 Å². The molecule has 2 amide bonds. The fourth-order valence-corrected chi connectivity index (χ4v) is 1.62. The Morgan fingerprint density at radius 2 is 1.62 bits per heavy atom. The minimum absolute atomic E-state index is 0.0105. The number of hydrogen-bond donors (Lipinski definition) is 3. The standard InChI is InChI=1S/C16H25N3O2/c1-16(2,3)15(21)19-11-12-5-7-13(8-6-12)14(20)18-10-9-17-4/h5-8,17H,9-11H2,1-4H3,(H,18,20)(H,19,21). The molecule has 0 aliphatic carbocycles. The van der Waals surface area contributed by atoms with Crippen LogP contribution in [0.3, 0.4) is 0 Å². The first-order valence-electron chi connectivity index (χ1n) is 7.14. The molecule has 0 radical (unpaired) electrons. The molecule has 116 valence electrons. The minimum Gasteiger partial charge on any atom is -0.352 e. The second-order valence-corrected chi connectivity index (χ2v) is 5.99. The van der Waals surface area contributed by atoms with Crippen LogP contribution < -0.4 is 16.0 Å². The lowest BCUT2D eigenvalue weighted by atomic mass is 9.95. The summed E-state index contributed by atoms with van der Waals surface area (Å²) in [5.41, 5.74) is 1.20. The van der Waals surface area contributed by atoms with Gasteiger partial charge in [-0.15, -0.1) is 0 Å². The fourth-order valence-electron chi connectivity index (χ4n) is 1.62. The molecule has 1 aromatic rings. The van der Waals surface area contributed by atoms with E-state index in [1.54, 1.807) is 12.1 Å². The van der Waals surface area contributed by atoms with E-state index in [0.717, 1.165) is 12.1 Å². The molecule has 0 fully saturated rings. The maximum Gasteiger partial charge on any atom is 0.251 e. The van der Waals surface area contributed by atoms with Gasteiger partial charge >= 0.3 is 0 Å². The van der Waals surface area contributed by atoms with E-state index in [1.807, 2.05) is 40.0 Å². The molecule has 0 saturated heterocycles. The Morgan fingerprint density at radius 3 is 2.14 bits per heavy atom. The fraction of sp³-hybridized carbons (Fsp3) is 0.500. The van der Waals surface area contributed by atoms with Gasteiger partial charge in [0, 0.05) is 30.6 Å². The quantitative estimate of drug-likeness (QED) is 0.692. The molecule has 0 aliphatic heterocycles. The van der Waals surface area contributed by atoms with Gasteiger partial charge in [0.25, 0.3) is 5.91 Å². The van der Waals surface area contributed by atoms with Gasteiger partial charge < -0.3 is 16.0 Å². The first-order valence-corrected chi connectivity index (χ1v) is 7.14. The van der Waals surface area contributed by atoms with E-state index >= 15 is 0 Å². The predicted molar refractivity (Wildman–Crippen MR) is 84.0 cm³/mol. The van der Waals surface area contributed by atoms with E-state index in [2.05, 4.69) is 16.0 Å². The summed E-state index contributed by atoms with van der Waals surface area (Å²) in [7, 11) is 1.84. The molecule has 5 heteroatoms. The van der Waals surface area contributed by atoms with Crippen LogP contribution in [-0.2, 0) is 11.3 Å². The van der Waals surface area contributed by atoms with Crippen molar-refractivity contribution >= 4 is 11.8 Å². The Balaban J connectivity index is 2.50. The van der Waals surface area contributed by atoms with Gasteiger partial charge in [0.05, 0.1) is 0 Å². The molecule has 0 heterocycles. The van der Waals surface area contributed by atoms with Gasteiger partial charge in [-0.1, -0.05) is 32.9 Å². The van der Waals surface area contributed by atoms with Crippen LogP contribution in [0, 0.1) is 5.41 Å². The number of amides is 2. The van der Waals surface area contributed by atoms with E-state index in [9.17, 15) is 9.59 Å². The highest BCUT2D eigenvalue weighted by Gasteiger charge is 2.20. The summed E-state index contributed by atoms with van der Waals surface area (Å²) in [6.45, 7) is 7.43. The molecule has 0 saturated carbocycles. The van der Waals surface area contributed by atoms with Gasteiger partial charge in [0.1, 0.15) is 0 Å². The Kier molecular flexibility index (Phi) is 6.37. The number of hydrogen-bond acceptors (Lipinski definition) is 3. The van der Waals surface area contributed by atoms with E-state index in [1.165, 1.54) is 0 Å². The Hall–Kier alpha value is -1.88. The van der Waals surface area contributed by atoms with Crippen LogP contribution in [0.1, 0.15) is 36.7 Å². The first kappa shape index (κ1) is 17.2. The van der Waals surface area contributed by atoms with Crippen LogP contribution in [0.2, 0.25) is 0 Å². The highest BCUT2D eigenvalue weighted by atomic mass is 16.2. The van der Waals surface area contributed by atoms with Gasteiger partial charge in [0.15, 0.2) is 0 Å². The smallest absolute Gasteiger partial charge is 0.251 e. The molecule has 21 heavy (non-hydrogen) atoms. The maximum absolute atomic E-state index is 11.8. The van der Waals surface area contributed by atoms with Crippen molar-refractivity contribution in [2.24, 2.45) is 5.41 Å². The van der Waals surface area contributed by atoms with Gasteiger partial charge in [-0.2, -0.15) is 0 Å². The number of benzene rings is 1. The van der Waals surface area contributed by atoms with Gasteiger partial charge in [-0.05, 0) is 24.7 Å². The Morgan fingerprint density at radius 1 is 1.00 bits per heavy atom. The van der Waals surface area contributed by atoms with E-state index in [4.69, 9.17) is 0 Å². The van der Waals surface area contributed by atoms with Crippen molar-refractivity contribution in [2.75, 3.05) is 20.1 Å². The zero-order valence-corrected chi connectivity index (χ0v) is 13.2. The molecule has 1 rings (SSSR count). The van der Waals surface area contributed by atoms with Crippen LogP contribution in [0.25, 0.3) is 0 Å². The molecular formula is C16H25N3O2. The molecule has 0 aromatic heterocycles. The number of nitrogens with one attached hydrogen (secondary N) is 3. The molecular weight excluding hydrogens is 266 g/mol. The Bertz CT molecular complexity index is 475. The summed E-state index contributed by atoms with van der Waals surface area (Å²) in [6.07, 6.45) is 0. The van der Waals surface area contributed by atoms with E-state index < -0.39 is 5.41 Å². The van der Waals surface area contributed by atoms with Crippen LogP contribution in [0.5, 0.6) is 0 Å². The monoisotopic (exact) mass is 291 g/mol. The lowest BCUT2D eigenvalue weighted by Crippen LogP contribution is -2.34. The van der Waals surface area contributed by atoms with Crippen molar-refractivity contribution < 1.29 is 9.59 Å². The molecule has 0 spiro atoms. The second kappa shape index (κ2) is 7.78. The van der Waals surface area contributed by atoms with Crippen molar-refractivity contribution in [3.05, 3.63) is 35.4 Å². The second-order valence-electron chi connectivity index (χ2n) is 5.99. The summed E-state index contributed by atoms with van der Waals surface area (Å²) in [5.74, 6) is -0.0769. The number of carbonyl (C=O) groups is 2. The Labute approximate surface area is 126 Å². The van der Waals surface area contributed by atoms with E-state index in [-0.39, 0.29) is 11.8 Å². The predicted octanol–water partition coefficient (Wildman–Crippen LogP) is 1.30. The van der Waals surface area contributed by atoms with Gasteiger partial charge in [-0.3, -0.25) is 9.59 Å². The summed E-state index contributed by atoms with van der Waals surface area (Å²) in [6, 6.07) is 7.26. The highest BCUT2D eigenvalue weighted by molar-refractivity contribution is 5.94. The molecule has 1 aromatic carbocycles. The van der Waals surface area contributed by atoms with Crippen LogP contribution in [-0.4, -0.2) is 32.0 Å². The van der Waals surface area contributed by atoms with Crippen molar-refractivity contribution in [3.8, 4) is 0 Å². The third-order valence-electron chi connectivity index (χ3n) is 3.01. The van der Waals surface area contributed by atoms with Crippen molar-refractivity contribution in [2.45, 2.75) is 27.3 Å². The molecule has 0 atom stereocenters. The molecule has 3 N–H and O–H groups in total.